The van der Waals surface area contributed by atoms with Crippen molar-refractivity contribution >= 4 is 26.5 Å². The van der Waals surface area contributed by atoms with E-state index in [4.69, 9.17) is 9.47 Å². The summed E-state index contributed by atoms with van der Waals surface area (Å²) in [6.45, 7) is 0. The molecule has 0 atom stereocenters. The van der Waals surface area contributed by atoms with Gasteiger partial charge in [0.15, 0.2) is 0 Å². The molecule has 0 bridgehead atoms. The Morgan fingerprint density at radius 2 is 1.31 bits per heavy atom. The topological polar surface area (TPSA) is 64.6 Å². The number of methoxy groups -OCH3 is 1. The zero-order valence-corrected chi connectivity index (χ0v) is 16.5. The zero-order chi connectivity index (χ0) is 20.3. The fourth-order valence-electron chi connectivity index (χ4n) is 2.93. The maximum Gasteiger partial charge on any atom is 0.261 e. The highest BCUT2D eigenvalue weighted by atomic mass is 32.2. The Morgan fingerprint density at radius 3 is 2.00 bits per heavy atom. The molecule has 0 aliphatic carbocycles. The van der Waals surface area contributed by atoms with Crippen LogP contribution in [-0.2, 0) is 10.0 Å². The molecule has 5 nitrogen and oxygen atoms in total. The van der Waals surface area contributed by atoms with E-state index in [1.165, 1.54) is 19.2 Å². The van der Waals surface area contributed by atoms with Gasteiger partial charge in [-0.05, 0) is 71.4 Å². The van der Waals surface area contributed by atoms with Crippen molar-refractivity contribution in [2.75, 3.05) is 11.8 Å². The van der Waals surface area contributed by atoms with E-state index in [1.54, 1.807) is 36.4 Å². The van der Waals surface area contributed by atoms with Gasteiger partial charge in [-0.25, -0.2) is 8.42 Å². The molecule has 29 heavy (non-hydrogen) atoms. The second-order valence-electron chi connectivity index (χ2n) is 6.42. The second kappa shape index (κ2) is 7.85. The van der Waals surface area contributed by atoms with Gasteiger partial charge in [0.2, 0.25) is 0 Å². The van der Waals surface area contributed by atoms with Crippen molar-refractivity contribution < 1.29 is 17.9 Å². The Hall–Kier alpha value is -3.51. The van der Waals surface area contributed by atoms with Gasteiger partial charge in [-0.2, -0.15) is 0 Å². The first-order chi connectivity index (χ1) is 14.0. The number of anilines is 1. The number of sulfonamides is 1. The van der Waals surface area contributed by atoms with E-state index in [9.17, 15) is 8.42 Å². The number of benzene rings is 4. The van der Waals surface area contributed by atoms with Crippen molar-refractivity contribution in [3.05, 3.63) is 91.0 Å². The Morgan fingerprint density at radius 1 is 0.690 bits per heavy atom. The summed E-state index contributed by atoms with van der Waals surface area (Å²) < 4.78 is 38.5. The van der Waals surface area contributed by atoms with Gasteiger partial charge >= 0.3 is 0 Å². The molecule has 0 unspecified atom stereocenters. The molecule has 4 aromatic carbocycles. The Balaban J connectivity index is 1.48. The van der Waals surface area contributed by atoms with Crippen molar-refractivity contribution in [2.45, 2.75) is 4.90 Å². The van der Waals surface area contributed by atoms with Crippen molar-refractivity contribution in [1.29, 1.82) is 0 Å². The summed E-state index contributed by atoms with van der Waals surface area (Å²) in [5.74, 6) is 1.93. The van der Waals surface area contributed by atoms with Crippen LogP contribution in [0, 0.1) is 0 Å². The quantitative estimate of drug-likeness (QED) is 0.464. The van der Waals surface area contributed by atoms with E-state index in [0.717, 1.165) is 16.5 Å². The highest BCUT2D eigenvalue weighted by Gasteiger charge is 2.14. The Kier molecular flexibility index (Phi) is 5.10. The molecule has 4 rings (SSSR count). The van der Waals surface area contributed by atoms with Crippen LogP contribution in [-0.4, -0.2) is 15.5 Å². The molecule has 0 aliphatic rings. The lowest BCUT2D eigenvalue weighted by molar-refractivity contribution is 0.414. The third-order valence-corrected chi connectivity index (χ3v) is 5.83. The predicted octanol–water partition coefficient (Wildman–Crippen LogP) is 5.44. The van der Waals surface area contributed by atoms with Gasteiger partial charge in [0.05, 0.1) is 12.0 Å². The van der Waals surface area contributed by atoms with Gasteiger partial charge in [-0.1, -0.05) is 30.3 Å². The van der Waals surface area contributed by atoms with Crippen molar-refractivity contribution in [3.8, 4) is 17.2 Å². The van der Waals surface area contributed by atoms with Crippen LogP contribution < -0.4 is 14.2 Å². The largest absolute Gasteiger partial charge is 0.497 e. The average molecular weight is 405 g/mol. The number of fused-ring (bicyclic) bond motifs is 1. The minimum Gasteiger partial charge on any atom is -0.497 e. The standard InChI is InChI=1S/C23H19NO4S/c1-27-20-12-14-23(15-13-20)29(25,26)24-19-7-10-21(11-8-19)28-22-9-6-17-4-2-3-5-18(17)16-22/h2-16,24H,1H3. The highest BCUT2D eigenvalue weighted by molar-refractivity contribution is 7.92. The predicted molar refractivity (Wildman–Crippen MR) is 114 cm³/mol. The lowest BCUT2D eigenvalue weighted by atomic mass is 10.1. The summed E-state index contributed by atoms with van der Waals surface area (Å²) >= 11 is 0. The van der Waals surface area contributed by atoms with Gasteiger partial charge in [0.1, 0.15) is 17.2 Å². The third-order valence-electron chi connectivity index (χ3n) is 4.43. The van der Waals surface area contributed by atoms with E-state index in [0.29, 0.717) is 17.2 Å². The van der Waals surface area contributed by atoms with E-state index in [2.05, 4.69) is 4.72 Å². The van der Waals surface area contributed by atoms with Gasteiger partial charge < -0.3 is 9.47 Å². The summed E-state index contributed by atoms with van der Waals surface area (Å²) in [6, 6.07) is 26.9. The molecule has 0 aliphatic heterocycles. The van der Waals surface area contributed by atoms with Gasteiger partial charge in [0.25, 0.3) is 10.0 Å². The minimum atomic E-state index is -3.68. The first-order valence-electron chi connectivity index (χ1n) is 8.97. The monoisotopic (exact) mass is 405 g/mol. The fourth-order valence-corrected chi connectivity index (χ4v) is 3.99. The van der Waals surface area contributed by atoms with Crippen LogP contribution in [0.5, 0.6) is 17.2 Å². The normalized spacial score (nSPS) is 11.2. The molecule has 0 spiro atoms. The average Bonchev–Trinajstić information content (AvgIpc) is 2.75. The van der Waals surface area contributed by atoms with Gasteiger partial charge in [-0.15, -0.1) is 0 Å². The molecule has 0 saturated heterocycles. The van der Waals surface area contributed by atoms with Crippen molar-refractivity contribution in [2.24, 2.45) is 0 Å². The van der Waals surface area contributed by atoms with E-state index < -0.39 is 10.0 Å². The lowest BCUT2D eigenvalue weighted by Gasteiger charge is -2.10. The first-order valence-corrected chi connectivity index (χ1v) is 10.5. The highest BCUT2D eigenvalue weighted by Crippen LogP contribution is 2.27. The van der Waals surface area contributed by atoms with E-state index in [1.807, 2.05) is 42.5 Å². The number of ether oxygens (including phenoxy) is 2. The number of nitrogens with one attached hydrogen (secondary N) is 1. The molecule has 0 heterocycles. The molecular weight excluding hydrogens is 386 g/mol. The first kappa shape index (κ1) is 18.8. The molecule has 6 heteroatoms. The molecule has 4 aromatic rings. The van der Waals surface area contributed by atoms with Gasteiger partial charge in [0, 0.05) is 5.69 Å². The summed E-state index contributed by atoms with van der Waals surface area (Å²) in [5.41, 5.74) is 0.451. The Labute approximate surface area is 169 Å². The number of hydrogen-bond donors (Lipinski definition) is 1. The smallest absolute Gasteiger partial charge is 0.261 e. The van der Waals surface area contributed by atoms with Crippen LogP contribution in [0.15, 0.2) is 95.9 Å². The SMILES string of the molecule is COc1ccc(S(=O)(=O)Nc2ccc(Oc3ccc4ccccc4c3)cc2)cc1. The van der Waals surface area contributed by atoms with E-state index in [-0.39, 0.29) is 4.90 Å². The molecule has 0 amide bonds. The summed E-state index contributed by atoms with van der Waals surface area (Å²) in [7, 11) is -2.15. The Bertz CT molecular complexity index is 1230. The van der Waals surface area contributed by atoms with Crippen LogP contribution in [0.4, 0.5) is 5.69 Å². The molecule has 0 saturated carbocycles. The summed E-state index contributed by atoms with van der Waals surface area (Å²) in [5, 5.41) is 2.23. The van der Waals surface area contributed by atoms with E-state index >= 15 is 0 Å². The lowest BCUT2D eigenvalue weighted by Crippen LogP contribution is -2.12. The van der Waals surface area contributed by atoms with Crippen LogP contribution in [0.25, 0.3) is 10.8 Å². The molecule has 0 aromatic heterocycles. The van der Waals surface area contributed by atoms with Crippen molar-refractivity contribution in [1.82, 2.24) is 0 Å². The third kappa shape index (κ3) is 4.33. The maximum atomic E-state index is 12.5. The molecule has 0 fully saturated rings. The fraction of sp³-hybridized carbons (Fsp3) is 0.0435. The number of hydrogen-bond acceptors (Lipinski definition) is 4. The van der Waals surface area contributed by atoms with Crippen molar-refractivity contribution in [3.63, 3.8) is 0 Å². The molecule has 146 valence electrons. The summed E-state index contributed by atoms with van der Waals surface area (Å²) in [6.07, 6.45) is 0. The van der Waals surface area contributed by atoms with Gasteiger partial charge in [-0.3, -0.25) is 4.72 Å². The maximum absolute atomic E-state index is 12.5. The minimum absolute atomic E-state index is 0.162. The number of rotatable bonds is 6. The van der Waals surface area contributed by atoms with Crippen LogP contribution in [0.3, 0.4) is 0 Å². The molecule has 0 radical (unpaired) electrons. The molecular formula is C23H19NO4S. The zero-order valence-electron chi connectivity index (χ0n) is 15.7. The second-order valence-corrected chi connectivity index (χ2v) is 8.10. The van der Waals surface area contributed by atoms with Crippen LogP contribution in [0.2, 0.25) is 0 Å². The summed E-state index contributed by atoms with van der Waals surface area (Å²) in [4.78, 5) is 0.162. The van der Waals surface area contributed by atoms with Crippen LogP contribution in [0.1, 0.15) is 0 Å². The molecule has 1 N–H and O–H groups in total. The van der Waals surface area contributed by atoms with Crippen LogP contribution >= 0.6 is 0 Å².